The molecule has 0 N–H and O–H groups in total. The third-order valence-corrected chi connectivity index (χ3v) is 8.12. The van der Waals surface area contributed by atoms with E-state index in [0.717, 1.165) is 58.4 Å². The second kappa shape index (κ2) is 8.93. The third kappa shape index (κ3) is 3.96. The lowest BCUT2D eigenvalue weighted by Crippen LogP contribution is -2.62. The second-order valence-electron chi connectivity index (χ2n) is 9.91. The van der Waals surface area contributed by atoms with E-state index in [1.807, 2.05) is 11.0 Å². The Hall–Kier alpha value is -2.28. The highest BCUT2D eigenvalue weighted by Gasteiger charge is 2.45. The summed E-state index contributed by atoms with van der Waals surface area (Å²) in [4.78, 5) is 32.4. The van der Waals surface area contributed by atoms with Crippen LogP contribution in [0.25, 0.3) is 0 Å². The Labute approximate surface area is 190 Å². The van der Waals surface area contributed by atoms with Crippen molar-refractivity contribution in [1.29, 1.82) is 0 Å². The van der Waals surface area contributed by atoms with Crippen LogP contribution in [-0.4, -0.2) is 85.5 Å². The van der Waals surface area contributed by atoms with E-state index in [4.69, 9.17) is 9.47 Å². The molecule has 5 rings (SSSR count). The van der Waals surface area contributed by atoms with Gasteiger partial charge in [-0.25, -0.2) is 0 Å². The van der Waals surface area contributed by atoms with Gasteiger partial charge < -0.3 is 19.3 Å². The molecule has 3 atom stereocenters. The standard InChI is InChI=1S/C25H35N3O4/c1-31-20-6-7-21(23(13-20)32-2)25(30)26-10-8-19(9-11-26)27-14-17-12-18(16-27)22-4-3-5-24(29)28(22)15-17/h6-7,13,17-19,22H,3-5,8-12,14-16H2,1-2H3/t17-,18-,22-/m1/s1. The number of rotatable bonds is 4. The van der Waals surface area contributed by atoms with Crippen molar-refractivity contribution in [2.24, 2.45) is 11.8 Å². The molecule has 2 bridgehead atoms. The molecule has 1 aromatic rings. The first kappa shape index (κ1) is 21.6. The van der Waals surface area contributed by atoms with Crippen molar-refractivity contribution >= 4 is 11.8 Å². The van der Waals surface area contributed by atoms with Gasteiger partial charge in [0.25, 0.3) is 5.91 Å². The third-order valence-electron chi connectivity index (χ3n) is 8.12. The molecule has 4 aliphatic rings. The van der Waals surface area contributed by atoms with Gasteiger partial charge in [0.1, 0.15) is 11.5 Å². The van der Waals surface area contributed by atoms with Crippen LogP contribution in [0.3, 0.4) is 0 Å². The molecule has 0 saturated carbocycles. The maximum atomic E-state index is 13.2. The Morgan fingerprint density at radius 3 is 2.59 bits per heavy atom. The minimum atomic E-state index is 0.0369. The maximum Gasteiger partial charge on any atom is 0.257 e. The van der Waals surface area contributed by atoms with Crippen LogP contribution in [0.5, 0.6) is 11.5 Å². The zero-order chi connectivity index (χ0) is 22.2. The SMILES string of the molecule is COc1ccc(C(=O)N2CCC(N3C[C@H]4C[C@H](C3)[C@H]3CCCC(=O)N3C4)CC2)c(OC)c1. The van der Waals surface area contributed by atoms with E-state index in [1.54, 1.807) is 26.4 Å². The molecule has 1 aromatic carbocycles. The quantitative estimate of drug-likeness (QED) is 0.719. The topological polar surface area (TPSA) is 62.3 Å². The molecule has 0 radical (unpaired) electrons. The van der Waals surface area contributed by atoms with Crippen LogP contribution in [0.2, 0.25) is 0 Å². The van der Waals surface area contributed by atoms with Gasteiger partial charge in [-0.05, 0) is 56.1 Å². The van der Waals surface area contributed by atoms with Gasteiger partial charge >= 0.3 is 0 Å². The van der Waals surface area contributed by atoms with E-state index in [1.165, 1.54) is 12.8 Å². The van der Waals surface area contributed by atoms with Gasteiger partial charge in [0, 0.05) is 57.3 Å². The molecular formula is C25H35N3O4. The van der Waals surface area contributed by atoms with E-state index in [0.29, 0.717) is 46.9 Å². The predicted molar refractivity (Wildman–Crippen MR) is 121 cm³/mol. The smallest absolute Gasteiger partial charge is 0.257 e. The van der Waals surface area contributed by atoms with Crippen LogP contribution < -0.4 is 9.47 Å². The summed E-state index contributed by atoms with van der Waals surface area (Å²) >= 11 is 0. The number of likely N-dealkylation sites (tertiary alicyclic amines) is 2. The highest BCUT2D eigenvalue weighted by Crippen LogP contribution is 2.39. The lowest BCUT2D eigenvalue weighted by molar-refractivity contribution is -0.145. The molecule has 4 aliphatic heterocycles. The van der Waals surface area contributed by atoms with Crippen molar-refractivity contribution in [3.63, 3.8) is 0 Å². The number of carbonyl (C=O) groups is 2. The number of piperidine rings is 4. The summed E-state index contributed by atoms with van der Waals surface area (Å²) in [5.41, 5.74) is 0.598. The van der Waals surface area contributed by atoms with Crippen molar-refractivity contribution in [3.05, 3.63) is 23.8 Å². The zero-order valence-corrected chi connectivity index (χ0v) is 19.3. The average Bonchev–Trinajstić information content (AvgIpc) is 2.84. The summed E-state index contributed by atoms with van der Waals surface area (Å²) in [7, 11) is 3.20. The van der Waals surface area contributed by atoms with E-state index < -0.39 is 0 Å². The molecule has 7 nitrogen and oxygen atoms in total. The molecule has 0 unspecified atom stereocenters. The Balaban J connectivity index is 1.20. The van der Waals surface area contributed by atoms with Crippen molar-refractivity contribution in [3.8, 4) is 11.5 Å². The van der Waals surface area contributed by atoms with Gasteiger partial charge in [0.05, 0.1) is 19.8 Å². The molecule has 174 valence electrons. The molecule has 4 fully saturated rings. The van der Waals surface area contributed by atoms with Crippen LogP contribution in [0.1, 0.15) is 48.9 Å². The van der Waals surface area contributed by atoms with Gasteiger partial charge in [-0.1, -0.05) is 0 Å². The van der Waals surface area contributed by atoms with Crippen LogP contribution in [0, 0.1) is 11.8 Å². The van der Waals surface area contributed by atoms with Gasteiger partial charge in [0.2, 0.25) is 5.91 Å². The van der Waals surface area contributed by atoms with Crippen LogP contribution in [-0.2, 0) is 4.79 Å². The van der Waals surface area contributed by atoms with Crippen molar-refractivity contribution in [2.45, 2.75) is 50.6 Å². The fourth-order valence-corrected chi connectivity index (χ4v) is 6.53. The number of hydrogen-bond donors (Lipinski definition) is 0. The highest BCUT2D eigenvalue weighted by atomic mass is 16.5. The maximum absolute atomic E-state index is 13.2. The molecule has 32 heavy (non-hydrogen) atoms. The molecule has 0 spiro atoms. The molecular weight excluding hydrogens is 406 g/mol. The highest BCUT2D eigenvalue weighted by molar-refractivity contribution is 5.97. The Bertz CT molecular complexity index is 867. The normalized spacial score (nSPS) is 28.9. The zero-order valence-electron chi connectivity index (χ0n) is 19.3. The van der Waals surface area contributed by atoms with Gasteiger partial charge in [0.15, 0.2) is 0 Å². The molecule has 4 heterocycles. The number of hydrogen-bond acceptors (Lipinski definition) is 5. The summed E-state index contributed by atoms with van der Waals surface area (Å²) in [6.07, 6.45) is 6.27. The number of methoxy groups -OCH3 is 2. The first-order chi connectivity index (χ1) is 15.6. The predicted octanol–water partition coefficient (Wildman–Crippen LogP) is 2.64. The van der Waals surface area contributed by atoms with E-state index in [2.05, 4.69) is 9.80 Å². The molecule has 4 saturated heterocycles. The van der Waals surface area contributed by atoms with Crippen molar-refractivity contribution < 1.29 is 19.1 Å². The van der Waals surface area contributed by atoms with E-state index >= 15 is 0 Å². The van der Waals surface area contributed by atoms with Crippen LogP contribution in [0.15, 0.2) is 18.2 Å². The number of nitrogens with zero attached hydrogens (tertiary/aromatic N) is 3. The number of carbonyl (C=O) groups excluding carboxylic acids is 2. The largest absolute Gasteiger partial charge is 0.497 e. The van der Waals surface area contributed by atoms with E-state index in [-0.39, 0.29) is 5.91 Å². The van der Waals surface area contributed by atoms with Gasteiger partial charge in [-0.3, -0.25) is 14.5 Å². The van der Waals surface area contributed by atoms with E-state index in [9.17, 15) is 9.59 Å². The number of fused-ring (bicyclic) bond motifs is 4. The molecule has 2 amide bonds. The molecule has 0 aliphatic carbocycles. The summed E-state index contributed by atoms with van der Waals surface area (Å²) in [6, 6.07) is 6.38. The Kier molecular flexibility index (Phi) is 6.01. The number of benzene rings is 1. The molecule has 7 heteroatoms. The lowest BCUT2D eigenvalue weighted by atomic mass is 9.75. The number of ether oxygens (including phenoxy) is 2. The van der Waals surface area contributed by atoms with Gasteiger partial charge in [-0.15, -0.1) is 0 Å². The van der Waals surface area contributed by atoms with Crippen LogP contribution >= 0.6 is 0 Å². The fourth-order valence-electron chi connectivity index (χ4n) is 6.53. The van der Waals surface area contributed by atoms with Crippen molar-refractivity contribution in [2.75, 3.05) is 46.9 Å². The van der Waals surface area contributed by atoms with Gasteiger partial charge in [-0.2, -0.15) is 0 Å². The lowest BCUT2D eigenvalue weighted by Gasteiger charge is -2.54. The van der Waals surface area contributed by atoms with Crippen LogP contribution in [0.4, 0.5) is 0 Å². The first-order valence-corrected chi connectivity index (χ1v) is 12.1. The minimum Gasteiger partial charge on any atom is -0.497 e. The fraction of sp³-hybridized carbons (Fsp3) is 0.680. The summed E-state index contributed by atoms with van der Waals surface area (Å²) in [5, 5.41) is 0. The molecule has 0 aromatic heterocycles. The Morgan fingerprint density at radius 1 is 1.03 bits per heavy atom. The minimum absolute atomic E-state index is 0.0369. The summed E-state index contributed by atoms with van der Waals surface area (Å²) in [6.45, 7) is 4.70. The Morgan fingerprint density at radius 2 is 1.84 bits per heavy atom. The van der Waals surface area contributed by atoms with Crippen molar-refractivity contribution in [1.82, 2.24) is 14.7 Å². The second-order valence-corrected chi connectivity index (χ2v) is 9.91. The summed E-state index contributed by atoms with van der Waals surface area (Å²) in [5.74, 6) is 2.89. The summed E-state index contributed by atoms with van der Waals surface area (Å²) < 4.78 is 10.7. The monoisotopic (exact) mass is 441 g/mol. The first-order valence-electron chi connectivity index (χ1n) is 12.1. The average molecular weight is 442 g/mol. The number of amides is 2.